The summed E-state index contributed by atoms with van der Waals surface area (Å²) in [6, 6.07) is 6.42. The minimum absolute atomic E-state index is 0.163. The lowest BCUT2D eigenvalue weighted by molar-refractivity contribution is 0.220. The average Bonchev–Trinajstić information content (AvgIpc) is 2.43. The molecule has 0 amide bonds. The van der Waals surface area contributed by atoms with Gasteiger partial charge < -0.3 is 10.1 Å². The molecule has 0 bridgehead atoms. The minimum Gasteiger partial charge on any atom is -0.496 e. The summed E-state index contributed by atoms with van der Waals surface area (Å²) >= 11 is 3.59. The molecule has 0 atom stereocenters. The highest BCUT2D eigenvalue weighted by atomic mass is 79.9. The van der Waals surface area contributed by atoms with Gasteiger partial charge >= 0.3 is 0 Å². The maximum atomic E-state index is 5.32. The summed E-state index contributed by atoms with van der Waals surface area (Å²) in [5, 5.41) is 3.69. The van der Waals surface area contributed by atoms with Gasteiger partial charge in [0.25, 0.3) is 0 Å². The molecule has 0 unspecified atom stereocenters. The van der Waals surface area contributed by atoms with Crippen LogP contribution in [-0.2, 0) is 6.42 Å². The van der Waals surface area contributed by atoms with E-state index >= 15 is 0 Å². The van der Waals surface area contributed by atoms with Crippen molar-refractivity contribution in [1.82, 2.24) is 5.32 Å². The van der Waals surface area contributed by atoms with E-state index in [1.807, 2.05) is 6.07 Å². The normalized spacial score (nSPS) is 12.5. The van der Waals surface area contributed by atoms with Crippen LogP contribution in [0.5, 0.6) is 5.75 Å². The number of hydrogen-bond donors (Lipinski definition) is 1. The third kappa shape index (κ3) is 5.63. The number of methoxy groups -OCH3 is 1. The molecule has 2 nitrogen and oxygen atoms in total. The summed E-state index contributed by atoms with van der Waals surface area (Å²) in [6.45, 7) is 12.3. The fraction of sp³-hybridized carbons (Fsp3) is 0.667. The molecule has 0 spiro atoms. The van der Waals surface area contributed by atoms with Crippen LogP contribution >= 0.6 is 15.9 Å². The molecule has 0 aliphatic rings. The molecule has 0 heterocycles. The van der Waals surface area contributed by atoms with Gasteiger partial charge in [0.05, 0.1) is 11.6 Å². The highest BCUT2D eigenvalue weighted by Gasteiger charge is 2.28. The van der Waals surface area contributed by atoms with Crippen LogP contribution in [-0.4, -0.2) is 19.2 Å². The van der Waals surface area contributed by atoms with Crippen molar-refractivity contribution in [2.24, 2.45) is 5.41 Å². The van der Waals surface area contributed by atoms with Crippen molar-refractivity contribution in [2.45, 2.75) is 59.4 Å². The maximum Gasteiger partial charge on any atom is 0.133 e. The van der Waals surface area contributed by atoms with Crippen LogP contribution in [0.4, 0.5) is 0 Å². The highest BCUT2D eigenvalue weighted by molar-refractivity contribution is 9.10. The van der Waals surface area contributed by atoms with Crippen molar-refractivity contribution in [2.75, 3.05) is 13.7 Å². The standard InChI is InChI=1S/C18H30BrNO/c1-7-18(8-2,13-20-17(3,4)5)12-14-9-10-16(21-6)15(19)11-14/h9-11,20H,7-8,12-13H2,1-6H3. The molecule has 1 aromatic rings. The molecule has 1 rings (SSSR count). The smallest absolute Gasteiger partial charge is 0.133 e. The molecule has 1 aromatic carbocycles. The lowest BCUT2D eigenvalue weighted by Gasteiger charge is -2.36. The Balaban J connectivity index is 2.89. The van der Waals surface area contributed by atoms with Gasteiger partial charge in [-0.15, -0.1) is 0 Å². The summed E-state index contributed by atoms with van der Waals surface area (Å²) in [5.41, 5.74) is 1.83. The Morgan fingerprint density at radius 3 is 2.19 bits per heavy atom. The van der Waals surface area contributed by atoms with Gasteiger partial charge in [0.1, 0.15) is 5.75 Å². The molecule has 0 saturated heterocycles. The van der Waals surface area contributed by atoms with Gasteiger partial charge in [0.2, 0.25) is 0 Å². The van der Waals surface area contributed by atoms with Crippen LogP contribution < -0.4 is 10.1 Å². The molecule has 120 valence electrons. The number of rotatable bonds is 7. The average molecular weight is 356 g/mol. The van der Waals surface area contributed by atoms with Gasteiger partial charge in [-0.3, -0.25) is 0 Å². The van der Waals surface area contributed by atoms with E-state index < -0.39 is 0 Å². The lowest BCUT2D eigenvalue weighted by atomic mass is 9.76. The Kier molecular flexibility index (Phi) is 6.73. The first-order valence-corrected chi connectivity index (χ1v) is 8.62. The number of halogens is 1. The van der Waals surface area contributed by atoms with Gasteiger partial charge in [-0.2, -0.15) is 0 Å². The second-order valence-corrected chi connectivity index (χ2v) is 7.81. The van der Waals surface area contributed by atoms with Crippen molar-refractivity contribution >= 4 is 15.9 Å². The zero-order chi connectivity index (χ0) is 16.1. The molecule has 21 heavy (non-hydrogen) atoms. The zero-order valence-electron chi connectivity index (χ0n) is 14.3. The van der Waals surface area contributed by atoms with Crippen molar-refractivity contribution in [3.8, 4) is 5.75 Å². The number of benzene rings is 1. The van der Waals surface area contributed by atoms with Gasteiger partial charge in [0.15, 0.2) is 0 Å². The highest BCUT2D eigenvalue weighted by Crippen LogP contribution is 2.33. The second kappa shape index (κ2) is 7.64. The van der Waals surface area contributed by atoms with E-state index in [1.165, 1.54) is 18.4 Å². The summed E-state index contributed by atoms with van der Waals surface area (Å²) < 4.78 is 6.35. The fourth-order valence-corrected chi connectivity index (χ4v) is 3.11. The van der Waals surface area contributed by atoms with Crippen LogP contribution in [0.2, 0.25) is 0 Å². The monoisotopic (exact) mass is 355 g/mol. The molecule has 0 fully saturated rings. The molecule has 0 aliphatic heterocycles. The molecule has 0 radical (unpaired) electrons. The Bertz CT molecular complexity index is 447. The summed E-state index contributed by atoms with van der Waals surface area (Å²) in [4.78, 5) is 0. The first-order chi connectivity index (χ1) is 9.75. The maximum absolute atomic E-state index is 5.32. The largest absolute Gasteiger partial charge is 0.496 e. The van der Waals surface area contributed by atoms with E-state index in [9.17, 15) is 0 Å². The van der Waals surface area contributed by atoms with E-state index in [-0.39, 0.29) is 5.54 Å². The fourth-order valence-electron chi connectivity index (χ4n) is 2.52. The van der Waals surface area contributed by atoms with Crippen LogP contribution in [0.25, 0.3) is 0 Å². The molecule has 0 saturated carbocycles. The second-order valence-electron chi connectivity index (χ2n) is 6.96. The van der Waals surface area contributed by atoms with Crippen LogP contribution in [0, 0.1) is 5.41 Å². The predicted molar refractivity (Wildman–Crippen MR) is 95.2 cm³/mol. The van der Waals surface area contributed by atoms with Gasteiger partial charge in [-0.1, -0.05) is 19.9 Å². The van der Waals surface area contributed by atoms with Crippen LogP contribution in [0.3, 0.4) is 0 Å². The predicted octanol–water partition coefficient (Wildman–Crippen LogP) is 5.19. The SMILES string of the molecule is CCC(CC)(CNC(C)(C)C)Cc1ccc(OC)c(Br)c1. The van der Waals surface area contributed by atoms with E-state index in [4.69, 9.17) is 4.74 Å². The number of ether oxygens (including phenoxy) is 1. The van der Waals surface area contributed by atoms with Crippen molar-refractivity contribution in [1.29, 1.82) is 0 Å². The first-order valence-electron chi connectivity index (χ1n) is 7.82. The quantitative estimate of drug-likeness (QED) is 0.725. The van der Waals surface area contributed by atoms with Crippen molar-refractivity contribution in [3.05, 3.63) is 28.2 Å². The summed E-state index contributed by atoms with van der Waals surface area (Å²) in [5.74, 6) is 0.894. The third-order valence-electron chi connectivity index (χ3n) is 4.29. The molecule has 1 N–H and O–H groups in total. The number of nitrogens with one attached hydrogen (secondary N) is 1. The summed E-state index contributed by atoms with van der Waals surface area (Å²) in [6.07, 6.45) is 3.44. The molecule has 0 aliphatic carbocycles. The lowest BCUT2D eigenvalue weighted by Crippen LogP contribution is -2.44. The number of hydrogen-bond acceptors (Lipinski definition) is 2. The van der Waals surface area contributed by atoms with Gasteiger partial charge in [-0.05, 0) is 79.1 Å². The third-order valence-corrected chi connectivity index (χ3v) is 4.91. The van der Waals surface area contributed by atoms with E-state index in [0.717, 1.165) is 23.2 Å². The topological polar surface area (TPSA) is 21.3 Å². The molecule has 3 heteroatoms. The minimum atomic E-state index is 0.163. The van der Waals surface area contributed by atoms with E-state index in [1.54, 1.807) is 7.11 Å². The first kappa shape index (κ1) is 18.5. The Labute approximate surface area is 138 Å². The van der Waals surface area contributed by atoms with Gasteiger partial charge in [0, 0.05) is 12.1 Å². The van der Waals surface area contributed by atoms with Crippen molar-refractivity contribution in [3.63, 3.8) is 0 Å². The van der Waals surface area contributed by atoms with Crippen LogP contribution in [0.15, 0.2) is 22.7 Å². The Hall–Kier alpha value is -0.540. The summed E-state index contributed by atoms with van der Waals surface area (Å²) in [7, 11) is 1.70. The zero-order valence-corrected chi connectivity index (χ0v) is 15.9. The van der Waals surface area contributed by atoms with Crippen molar-refractivity contribution < 1.29 is 4.74 Å². The molecule has 0 aromatic heterocycles. The van der Waals surface area contributed by atoms with Gasteiger partial charge in [-0.25, -0.2) is 0 Å². The van der Waals surface area contributed by atoms with E-state index in [0.29, 0.717) is 5.41 Å². The van der Waals surface area contributed by atoms with Crippen LogP contribution in [0.1, 0.15) is 53.0 Å². The van der Waals surface area contributed by atoms with E-state index in [2.05, 4.69) is 68.0 Å². The molecular formula is C18H30BrNO. The Morgan fingerprint density at radius 1 is 1.14 bits per heavy atom. The molecular weight excluding hydrogens is 326 g/mol. The Morgan fingerprint density at radius 2 is 1.76 bits per heavy atom.